The molecule has 0 amide bonds. The molecule has 0 fully saturated rings. The quantitative estimate of drug-likeness (QED) is 0.843. The summed E-state index contributed by atoms with van der Waals surface area (Å²) >= 11 is 3.68. The van der Waals surface area contributed by atoms with E-state index in [9.17, 15) is 0 Å². The van der Waals surface area contributed by atoms with E-state index in [-0.39, 0.29) is 5.54 Å². The lowest BCUT2D eigenvalue weighted by atomic mass is 10.1. The Morgan fingerprint density at radius 2 is 2.05 bits per heavy atom. The van der Waals surface area contributed by atoms with Crippen molar-refractivity contribution in [2.75, 3.05) is 6.54 Å². The Morgan fingerprint density at radius 1 is 1.19 bits per heavy atom. The summed E-state index contributed by atoms with van der Waals surface area (Å²) in [5.74, 6) is 0. The minimum atomic E-state index is 0.198. The van der Waals surface area contributed by atoms with E-state index < -0.39 is 0 Å². The molecule has 0 saturated heterocycles. The van der Waals surface area contributed by atoms with Crippen molar-refractivity contribution in [3.05, 3.63) is 21.5 Å². The number of fused-ring (bicyclic) bond motifs is 1. The first kappa shape index (κ1) is 15.1. The van der Waals surface area contributed by atoms with E-state index in [1.807, 2.05) is 11.3 Å². The fourth-order valence-electron chi connectivity index (χ4n) is 2.59. The number of aromatic nitrogens is 2. The van der Waals surface area contributed by atoms with E-state index in [1.165, 1.54) is 24.1 Å². The Bertz CT molecular complexity index is 586. The van der Waals surface area contributed by atoms with Crippen molar-refractivity contribution in [3.8, 4) is 9.88 Å². The maximum atomic E-state index is 4.39. The van der Waals surface area contributed by atoms with Crippen LogP contribution >= 0.6 is 22.7 Å². The molecular formula is C16H23N3S2. The third-order valence-corrected chi connectivity index (χ3v) is 6.04. The van der Waals surface area contributed by atoms with E-state index in [0.717, 1.165) is 29.4 Å². The highest BCUT2D eigenvalue weighted by molar-refractivity contribution is 7.21. The van der Waals surface area contributed by atoms with Crippen molar-refractivity contribution >= 4 is 22.7 Å². The van der Waals surface area contributed by atoms with E-state index in [1.54, 1.807) is 21.8 Å². The number of nitrogens with zero attached hydrogens (tertiary/aromatic N) is 2. The van der Waals surface area contributed by atoms with Crippen LogP contribution in [0.5, 0.6) is 0 Å². The van der Waals surface area contributed by atoms with Gasteiger partial charge < -0.3 is 5.32 Å². The summed E-state index contributed by atoms with van der Waals surface area (Å²) in [7, 11) is 0. The molecule has 0 atom stereocenters. The molecule has 2 aromatic heterocycles. The second-order valence-electron chi connectivity index (χ2n) is 6.69. The van der Waals surface area contributed by atoms with Crippen molar-refractivity contribution in [2.45, 2.75) is 58.4 Å². The summed E-state index contributed by atoms with van der Waals surface area (Å²) in [5, 5.41) is 14.5. The van der Waals surface area contributed by atoms with Crippen LogP contribution in [-0.4, -0.2) is 22.3 Å². The predicted molar refractivity (Wildman–Crippen MR) is 91.3 cm³/mol. The Labute approximate surface area is 134 Å². The van der Waals surface area contributed by atoms with E-state index in [0.29, 0.717) is 0 Å². The molecule has 1 aliphatic carbocycles. The lowest BCUT2D eigenvalue weighted by Gasteiger charge is -2.20. The highest BCUT2D eigenvalue weighted by atomic mass is 32.1. The molecule has 0 aliphatic heterocycles. The highest BCUT2D eigenvalue weighted by Gasteiger charge is 2.17. The lowest BCUT2D eigenvalue weighted by molar-refractivity contribution is 0.422. The first-order valence-electron chi connectivity index (χ1n) is 7.71. The van der Waals surface area contributed by atoms with Gasteiger partial charge in [0, 0.05) is 16.8 Å². The molecule has 3 rings (SSSR count). The molecule has 0 unspecified atom stereocenters. The van der Waals surface area contributed by atoms with Gasteiger partial charge in [-0.3, -0.25) is 0 Å². The second kappa shape index (κ2) is 6.15. The molecule has 5 heteroatoms. The largest absolute Gasteiger partial charge is 0.312 e. The van der Waals surface area contributed by atoms with Gasteiger partial charge in [0.1, 0.15) is 5.01 Å². The molecule has 0 radical (unpaired) electrons. The Hall–Kier alpha value is -0.780. The molecular weight excluding hydrogens is 298 g/mol. The number of hydrogen-bond donors (Lipinski definition) is 1. The summed E-state index contributed by atoms with van der Waals surface area (Å²) < 4.78 is 0. The molecule has 0 bridgehead atoms. The summed E-state index contributed by atoms with van der Waals surface area (Å²) in [4.78, 5) is 2.88. The van der Waals surface area contributed by atoms with Crippen LogP contribution in [0.25, 0.3) is 9.88 Å². The Balaban J connectivity index is 1.56. The zero-order valence-electron chi connectivity index (χ0n) is 13.0. The number of hydrogen-bond acceptors (Lipinski definition) is 5. The van der Waals surface area contributed by atoms with Gasteiger partial charge in [0.05, 0.1) is 4.88 Å². The minimum Gasteiger partial charge on any atom is -0.312 e. The van der Waals surface area contributed by atoms with Gasteiger partial charge in [-0.05, 0) is 64.6 Å². The van der Waals surface area contributed by atoms with Gasteiger partial charge in [-0.25, -0.2) is 0 Å². The fraction of sp³-hybridized carbons (Fsp3) is 0.625. The van der Waals surface area contributed by atoms with Crippen molar-refractivity contribution in [1.29, 1.82) is 0 Å². The van der Waals surface area contributed by atoms with Crippen LogP contribution in [-0.2, 0) is 19.3 Å². The maximum Gasteiger partial charge on any atom is 0.157 e. The van der Waals surface area contributed by atoms with Gasteiger partial charge in [-0.15, -0.1) is 21.5 Å². The fourth-order valence-corrected chi connectivity index (χ4v) is 4.77. The normalized spacial score (nSPS) is 14.6. The highest BCUT2D eigenvalue weighted by Crippen LogP contribution is 2.37. The molecule has 114 valence electrons. The van der Waals surface area contributed by atoms with Crippen LogP contribution < -0.4 is 5.32 Å². The van der Waals surface area contributed by atoms with Crippen LogP contribution in [0.1, 0.15) is 49.1 Å². The van der Waals surface area contributed by atoms with E-state index in [2.05, 4.69) is 42.4 Å². The molecule has 21 heavy (non-hydrogen) atoms. The van der Waals surface area contributed by atoms with Crippen LogP contribution in [0.15, 0.2) is 6.07 Å². The zero-order valence-corrected chi connectivity index (χ0v) is 14.7. The smallest absolute Gasteiger partial charge is 0.157 e. The van der Waals surface area contributed by atoms with Gasteiger partial charge >= 0.3 is 0 Å². The van der Waals surface area contributed by atoms with E-state index in [4.69, 9.17) is 0 Å². The minimum absolute atomic E-state index is 0.198. The second-order valence-corrected chi connectivity index (χ2v) is 8.89. The average Bonchev–Trinajstić information content (AvgIpc) is 3.07. The number of nitrogens with one attached hydrogen (secondary N) is 1. The van der Waals surface area contributed by atoms with Gasteiger partial charge in [0.2, 0.25) is 0 Å². The zero-order chi connectivity index (χ0) is 14.9. The van der Waals surface area contributed by atoms with Gasteiger partial charge in [-0.2, -0.15) is 0 Å². The van der Waals surface area contributed by atoms with Crippen LogP contribution in [0.2, 0.25) is 0 Å². The maximum absolute atomic E-state index is 4.39. The Morgan fingerprint density at radius 3 is 2.81 bits per heavy atom. The van der Waals surface area contributed by atoms with Crippen molar-refractivity contribution < 1.29 is 0 Å². The predicted octanol–water partition coefficient (Wildman–Crippen LogP) is 4.08. The monoisotopic (exact) mass is 321 g/mol. The number of rotatable bonds is 5. The summed E-state index contributed by atoms with van der Waals surface area (Å²) in [6.45, 7) is 7.63. The molecule has 3 nitrogen and oxygen atoms in total. The van der Waals surface area contributed by atoms with Gasteiger partial charge in [-0.1, -0.05) is 11.3 Å². The van der Waals surface area contributed by atoms with Crippen LogP contribution in [0.4, 0.5) is 0 Å². The molecule has 1 aliphatic rings. The third kappa shape index (κ3) is 3.90. The average molecular weight is 322 g/mol. The van der Waals surface area contributed by atoms with Gasteiger partial charge in [0.15, 0.2) is 5.01 Å². The lowest BCUT2D eigenvalue weighted by Crippen LogP contribution is -2.36. The van der Waals surface area contributed by atoms with Crippen LogP contribution in [0, 0.1) is 0 Å². The molecule has 2 heterocycles. The first-order chi connectivity index (χ1) is 10.0. The summed E-state index contributed by atoms with van der Waals surface area (Å²) in [5.41, 5.74) is 1.74. The van der Waals surface area contributed by atoms with Gasteiger partial charge in [0.25, 0.3) is 0 Å². The molecule has 0 spiro atoms. The van der Waals surface area contributed by atoms with Crippen molar-refractivity contribution in [3.63, 3.8) is 0 Å². The summed E-state index contributed by atoms with van der Waals surface area (Å²) in [6.07, 6.45) is 5.96. The van der Waals surface area contributed by atoms with Crippen LogP contribution in [0.3, 0.4) is 0 Å². The van der Waals surface area contributed by atoms with Crippen molar-refractivity contribution in [2.24, 2.45) is 0 Å². The number of aryl methyl sites for hydroxylation is 3. The topological polar surface area (TPSA) is 37.8 Å². The molecule has 1 N–H and O–H groups in total. The van der Waals surface area contributed by atoms with Crippen molar-refractivity contribution in [1.82, 2.24) is 15.5 Å². The third-order valence-electron chi connectivity index (χ3n) is 3.65. The summed E-state index contributed by atoms with van der Waals surface area (Å²) in [6, 6.07) is 2.33. The van der Waals surface area contributed by atoms with E-state index >= 15 is 0 Å². The SMILES string of the molecule is CC(C)(C)NCCCc1nnc(-c2cc3c(s2)CCC3)s1. The molecule has 2 aromatic rings. The standard InChI is InChI=1S/C16H23N3S2/c1-16(2,3)17-9-5-8-14-18-19-15(21-14)13-10-11-6-4-7-12(11)20-13/h10,17H,4-9H2,1-3H3. The molecule has 0 aromatic carbocycles. The molecule has 0 saturated carbocycles. The number of thiophene rings is 1. The Kier molecular flexibility index (Phi) is 4.43. The first-order valence-corrected chi connectivity index (χ1v) is 9.34.